The number of allylic oxidation sites excluding steroid dienone is 2. The molecule has 0 saturated heterocycles. The highest BCUT2D eigenvalue weighted by molar-refractivity contribution is 7.47. The summed E-state index contributed by atoms with van der Waals surface area (Å²) in [5.74, 6) is -2.38. The van der Waals surface area contributed by atoms with Gasteiger partial charge in [-0.15, -0.1) is 0 Å². The highest BCUT2D eigenvalue weighted by Crippen LogP contribution is 2.43. The van der Waals surface area contributed by atoms with Crippen LogP contribution in [0.5, 0.6) is 0 Å². The summed E-state index contributed by atoms with van der Waals surface area (Å²) in [5, 5.41) is 8.86. The first kappa shape index (κ1) is 49.2. The van der Waals surface area contributed by atoms with Crippen molar-refractivity contribution in [1.82, 2.24) is 0 Å². The Balaban J connectivity index is 4.41. The zero-order valence-electron chi connectivity index (χ0n) is 32.2. The van der Waals surface area contributed by atoms with Crippen LogP contribution in [-0.4, -0.2) is 59.9 Å². The third-order valence-corrected chi connectivity index (χ3v) is 9.71. The molecule has 0 amide bonds. The van der Waals surface area contributed by atoms with E-state index in [9.17, 15) is 23.8 Å². The van der Waals surface area contributed by atoms with E-state index in [2.05, 4.69) is 30.5 Å². The summed E-state index contributed by atoms with van der Waals surface area (Å²) < 4.78 is 32.6. The normalized spacial score (nSPS) is 14.0. The Kier molecular flexibility index (Phi) is 34.0. The van der Waals surface area contributed by atoms with Crippen LogP contribution in [-0.2, 0) is 37.5 Å². The van der Waals surface area contributed by atoms with Crippen LogP contribution in [0.15, 0.2) is 12.2 Å². The number of carbonyl (C=O) groups is 3. The molecule has 0 aliphatic rings. The molecule has 11 nitrogen and oxygen atoms in total. The van der Waals surface area contributed by atoms with Crippen molar-refractivity contribution in [3.8, 4) is 0 Å². The molecule has 3 atom stereocenters. The van der Waals surface area contributed by atoms with E-state index in [4.69, 9.17) is 24.8 Å². The lowest BCUT2D eigenvalue weighted by atomic mass is 10.0. The van der Waals surface area contributed by atoms with Gasteiger partial charge in [-0.3, -0.25) is 23.4 Å². The molecule has 300 valence electrons. The van der Waals surface area contributed by atoms with Crippen molar-refractivity contribution in [3.05, 3.63) is 12.2 Å². The lowest BCUT2D eigenvalue weighted by molar-refractivity contribution is -0.161. The van der Waals surface area contributed by atoms with E-state index >= 15 is 0 Å². The Labute approximate surface area is 309 Å². The minimum Gasteiger partial charge on any atom is -0.480 e. The van der Waals surface area contributed by atoms with Crippen LogP contribution in [0.1, 0.15) is 187 Å². The largest absolute Gasteiger partial charge is 0.480 e. The first-order valence-electron chi connectivity index (χ1n) is 20.2. The Bertz CT molecular complexity index is 932. The van der Waals surface area contributed by atoms with Gasteiger partial charge in [0.05, 0.1) is 13.2 Å². The summed E-state index contributed by atoms with van der Waals surface area (Å²) in [6, 6.07) is -1.52. The number of phosphoric ester groups is 1. The number of phosphoric acid groups is 1. The quantitative estimate of drug-likeness (QED) is 0.0237. The smallest absolute Gasteiger partial charge is 0.472 e. The van der Waals surface area contributed by atoms with Gasteiger partial charge in [0.1, 0.15) is 12.6 Å². The molecular formula is C39H74NO10P. The third kappa shape index (κ3) is 35.0. The highest BCUT2D eigenvalue weighted by Gasteiger charge is 2.28. The number of nitrogens with two attached hydrogens (primary N) is 1. The number of hydrogen-bond acceptors (Lipinski definition) is 9. The van der Waals surface area contributed by atoms with Crippen molar-refractivity contribution in [3.63, 3.8) is 0 Å². The van der Waals surface area contributed by atoms with E-state index in [1.807, 2.05) is 0 Å². The Morgan fingerprint density at radius 3 is 1.43 bits per heavy atom. The molecule has 0 saturated carbocycles. The van der Waals surface area contributed by atoms with Crippen molar-refractivity contribution in [2.75, 3.05) is 19.8 Å². The van der Waals surface area contributed by atoms with Crippen LogP contribution in [0.25, 0.3) is 0 Å². The van der Waals surface area contributed by atoms with E-state index < -0.39 is 51.1 Å². The molecule has 0 bridgehead atoms. The standard InChI is InChI=1S/C39H74NO10P/c1-3-5-7-9-11-13-15-17-19-21-23-25-27-29-31-38(42)50-35(33-48-51(45,46)49-34-36(40)39(43)44)32-47-37(41)30-28-26-24-22-20-18-16-14-12-10-8-6-4-2/h15,17,35-36H,3-14,16,18-34,40H2,1-2H3,(H,43,44)(H,45,46)/b17-15+/t35-,36+/m1/s1. The van der Waals surface area contributed by atoms with Crippen molar-refractivity contribution in [1.29, 1.82) is 0 Å². The number of carboxylic acid groups (broad SMARTS) is 1. The van der Waals surface area contributed by atoms with E-state index in [0.29, 0.717) is 12.8 Å². The molecule has 0 aliphatic carbocycles. The molecule has 12 heteroatoms. The fraction of sp³-hybridized carbons (Fsp3) is 0.872. The molecule has 51 heavy (non-hydrogen) atoms. The summed E-state index contributed by atoms with van der Waals surface area (Å²) in [7, 11) is -4.71. The van der Waals surface area contributed by atoms with E-state index in [1.165, 1.54) is 89.9 Å². The number of carboxylic acids is 1. The number of carbonyl (C=O) groups excluding carboxylic acids is 2. The van der Waals surface area contributed by atoms with Crippen LogP contribution in [0.2, 0.25) is 0 Å². The first-order valence-corrected chi connectivity index (χ1v) is 21.7. The SMILES string of the molecule is CCCCCCC/C=C/CCCCCCCC(=O)O[C@H](COC(=O)CCCCCCCCCCCCCCC)COP(=O)(O)OC[C@H](N)C(=O)O. The lowest BCUT2D eigenvalue weighted by Gasteiger charge is -2.20. The summed E-state index contributed by atoms with van der Waals surface area (Å²) >= 11 is 0. The van der Waals surface area contributed by atoms with Gasteiger partial charge in [0.15, 0.2) is 6.10 Å². The second-order valence-electron chi connectivity index (χ2n) is 13.8. The molecule has 0 rings (SSSR count). The molecule has 0 aliphatic heterocycles. The van der Waals surface area contributed by atoms with Gasteiger partial charge in [-0.05, 0) is 38.5 Å². The molecule has 1 unspecified atom stereocenters. The number of ether oxygens (including phenoxy) is 2. The second kappa shape index (κ2) is 35.3. The molecule has 0 radical (unpaired) electrons. The molecule has 4 N–H and O–H groups in total. The third-order valence-electron chi connectivity index (χ3n) is 8.76. The average molecular weight is 748 g/mol. The number of aliphatic carboxylic acids is 1. The summed E-state index contributed by atoms with van der Waals surface area (Å²) in [4.78, 5) is 45.8. The maximum absolute atomic E-state index is 12.6. The molecule has 0 heterocycles. The van der Waals surface area contributed by atoms with Gasteiger partial charge in [-0.2, -0.15) is 0 Å². The number of hydrogen-bond donors (Lipinski definition) is 3. The predicted molar refractivity (Wildman–Crippen MR) is 203 cm³/mol. The Hall–Kier alpha value is -1.78. The van der Waals surface area contributed by atoms with Gasteiger partial charge in [0.2, 0.25) is 0 Å². The summed E-state index contributed by atoms with van der Waals surface area (Å²) in [6.45, 7) is 2.78. The number of unbranched alkanes of at least 4 members (excludes halogenated alkanes) is 22. The second-order valence-corrected chi connectivity index (χ2v) is 15.2. The molecule has 0 spiro atoms. The van der Waals surface area contributed by atoms with Crippen molar-refractivity contribution in [2.24, 2.45) is 5.73 Å². The number of rotatable bonds is 38. The van der Waals surface area contributed by atoms with Crippen LogP contribution < -0.4 is 5.73 Å². The first-order chi connectivity index (χ1) is 24.6. The van der Waals surface area contributed by atoms with Crippen LogP contribution in [0, 0.1) is 0 Å². The topological polar surface area (TPSA) is 172 Å². The van der Waals surface area contributed by atoms with Crippen LogP contribution in [0.3, 0.4) is 0 Å². The maximum atomic E-state index is 12.6. The number of esters is 2. The Morgan fingerprint density at radius 2 is 0.980 bits per heavy atom. The minimum absolute atomic E-state index is 0.155. The highest BCUT2D eigenvalue weighted by atomic mass is 31.2. The fourth-order valence-electron chi connectivity index (χ4n) is 5.53. The molecule has 0 aromatic carbocycles. The zero-order chi connectivity index (χ0) is 37.8. The van der Waals surface area contributed by atoms with Crippen LogP contribution >= 0.6 is 7.82 Å². The van der Waals surface area contributed by atoms with Crippen molar-refractivity contribution >= 4 is 25.7 Å². The van der Waals surface area contributed by atoms with E-state index in [0.717, 1.165) is 57.8 Å². The molecule has 0 aromatic heterocycles. The summed E-state index contributed by atoms with van der Waals surface area (Å²) in [5.41, 5.74) is 5.32. The van der Waals surface area contributed by atoms with Gasteiger partial charge in [-0.25, -0.2) is 4.57 Å². The lowest BCUT2D eigenvalue weighted by Crippen LogP contribution is -2.34. The van der Waals surface area contributed by atoms with Crippen molar-refractivity contribution < 1.29 is 47.5 Å². The van der Waals surface area contributed by atoms with Gasteiger partial charge < -0.3 is 25.2 Å². The van der Waals surface area contributed by atoms with Gasteiger partial charge >= 0.3 is 25.7 Å². The van der Waals surface area contributed by atoms with Gasteiger partial charge in [0, 0.05) is 12.8 Å². The van der Waals surface area contributed by atoms with E-state index in [-0.39, 0.29) is 19.4 Å². The average Bonchev–Trinajstić information content (AvgIpc) is 3.10. The van der Waals surface area contributed by atoms with Crippen LogP contribution in [0.4, 0.5) is 0 Å². The van der Waals surface area contributed by atoms with Gasteiger partial charge in [-0.1, -0.05) is 148 Å². The summed E-state index contributed by atoms with van der Waals surface area (Å²) in [6.07, 6.45) is 32.7. The molecule has 0 aromatic rings. The zero-order valence-corrected chi connectivity index (χ0v) is 33.1. The van der Waals surface area contributed by atoms with Gasteiger partial charge in [0.25, 0.3) is 0 Å². The predicted octanol–water partition coefficient (Wildman–Crippen LogP) is 10.1. The minimum atomic E-state index is -4.71. The Morgan fingerprint density at radius 1 is 0.588 bits per heavy atom. The van der Waals surface area contributed by atoms with Crippen molar-refractivity contribution in [2.45, 2.75) is 199 Å². The fourth-order valence-corrected chi connectivity index (χ4v) is 6.31. The molecule has 0 fully saturated rings. The maximum Gasteiger partial charge on any atom is 0.472 e. The monoisotopic (exact) mass is 748 g/mol. The van der Waals surface area contributed by atoms with E-state index in [1.54, 1.807) is 0 Å². The molecular weight excluding hydrogens is 673 g/mol.